The van der Waals surface area contributed by atoms with Gasteiger partial charge in [-0.15, -0.1) is 0 Å². The van der Waals surface area contributed by atoms with Crippen LogP contribution in [0.25, 0.3) is 0 Å². The van der Waals surface area contributed by atoms with Gasteiger partial charge >= 0.3 is 0 Å². The van der Waals surface area contributed by atoms with E-state index < -0.39 is 0 Å². The molecule has 3 rings (SSSR count). The standard InChI is InChI=1S/C18H28N2O3/c1-19-15(12-20-7-3-4-16(20)13-21-2)10-14-5-6-17-18(11-14)23-9-8-22-17/h5-6,11,15-16,19H,3-4,7-10,12-13H2,1-2H3/t15-,16?/m0/s1. The normalized spacial score (nSPS) is 22.3. The molecule has 0 spiro atoms. The first-order valence-corrected chi connectivity index (χ1v) is 8.59. The monoisotopic (exact) mass is 320 g/mol. The van der Waals surface area contributed by atoms with E-state index in [2.05, 4.69) is 22.3 Å². The summed E-state index contributed by atoms with van der Waals surface area (Å²) in [6.45, 7) is 4.34. The van der Waals surface area contributed by atoms with Gasteiger partial charge in [0, 0.05) is 25.7 Å². The van der Waals surface area contributed by atoms with Gasteiger partial charge in [0.15, 0.2) is 11.5 Å². The van der Waals surface area contributed by atoms with Crippen LogP contribution in [-0.4, -0.2) is 64.1 Å². The van der Waals surface area contributed by atoms with Crippen LogP contribution >= 0.6 is 0 Å². The van der Waals surface area contributed by atoms with Gasteiger partial charge in [-0.1, -0.05) is 6.07 Å². The van der Waals surface area contributed by atoms with E-state index in [1.165, 1.54) is 24.9 Å². The highest BCUT2D eigenvalue weighted by molar-refractivity contribution is 5.44. The summed E-state index contributed by atoms with van der Waals surface area (Å²) in [6.07, 6.45) is 3.51. The van der Waals surface area contributed by atoms with E-state index in [1.807, 2.05) is 13.1 Å². The fraction of sp³-hybridized carbons (Fsp3) is 0.667. The van der Waals surface area contributed by atoms with Crippen LogP contribution in [0.15, 0.2) is 18.2 Å². The maximum absolute atomic E-state index is 5.69. The van der Waals surface area contributed by atoms with E-state index >= 15 is 0 Å². The largest absolute Gasteiger partial charge is 0.486 e. The summed E-state index contributed by atoms with van der Waals surface area (Å²) < 4.78 is 16.6. The Morgan fingerprint density at radius 1 is 1.30 bits per heavy atom. The molecule has 1 unspecified atom stereocenters. The topological polar surface area (TPSA) is 43.0 Å². The zero-order chi connectivity index (χ0) is 16.1. The number of likely N-dealkylation sites (N-methyl/N-ethyl adjacent to an activating group) is 1. The summed E-state index contributed by atoms with van der Waals surface area (Å²) >= 11 is 0. The van der Waals surface area contributed by atoms with Gasteiger partial charge in [-0.2, -0.15) is 0 Å². The number of hydrogen-bond acceptors (Lipinski definition) is 5. The van der Waals surface area contributed by atoms with Crippen LogP contribution in [0.3, 0.4) is 0 Å². The van der Waals surface area contributed by atoms with Gasteiger partial charge in [0.05, 0.1) is 6.61 Å². The molecule has 0 amide bonds. The predicted octanol–water partition coefficient (Wildman–Crippen LogP) is 1.70. The van der Waals surface area contributed by atoms with Crippen molar-refractivity contribution in [2.75, 3.05) is 47.1 Å². The number of rotatable bonds is 7. The Labute approximate surface area is 138 Å². The molecule has 1 fully saturated rings. The van der Waals surface area contributed by atoms with Gasteiger partial charge in [-0.25, -0.2) is 0 Å². The van der Waals surface area contributed by atoms with Crippen molar-refractivity contribution in [2.24, 2.45) is 0 Å². The molecule has 1 aromatic rings. The first-order valence-electron chi connectivity index (χ1n) is 8.59. The molecular formula is C18H28N2O3. The van der Waals surface area contributed by atoms with E-state index in [4.69, 9.17) is 14.2 Å². The lowest BCUT2D eigenvalue weighted by atomic mass is 10.0. The van der Waals surface area contributed by atoms with E-state index in [1.54, 1.807) is 7.11 Å². The lowest BCUT2D eigenvalue weighted by Crippen LogP contribution is -2.44. The van der Waals surface area contributed by atoms with Gasteiger partial charge in [-0.05, 0) is 50.6 Å². The van der Waals surface area contributed by atoms with Gasteiger partial charge in [-0.3, -0.25) is 4.90 Å². The van der Waals surface area contributed by atoms with E-state index in [9.17, 15) is 0 Å². The van der Waals surface area contributed by atoms with Crippen molar-refractivity contribution in [1.82, 2.24) is 10.2 Å². The van der Waals surface area contributed by atoms with Crippen LogP contribution in [0.5, 0.6) is 11.5 Å². The molecule has 128 valence electrons. The molecule has 5 nitrogen and oxygen atoms in total. The molecule has 23 heavy (non-hydrogen) atoms. The van der Waals surface area contributed by atoms with Crippen LogP contribution in [-0.2, 0) is 11.2 Å². The third-order valence-corrected chi connectivity index (χ3v) is 4.81. The number of nitrogens with zero attached hydrogens (tertiary/aromatic N) is 1. The van der Waals surface area contributed by atoms with Crippen molar-refractivity contribution in [3.05, 3.63) is 23.8 Å². The quantitative estimate of drug-likeness (QED) is 0.828. The van der Waals surface area contributed by atoms with E-state index in [0.29, 0.717) is 25.3 Å². The highest BCUT2D eigenvalue weighted by atomic mass is 16.6. The fourth-order valence-corrected chi connectivity index (χ4v) is 3.56. The second-order valence-electron chi connectivity index (χ2n) is 6.41. The second kappa shape index (κ2) is 7.99. The molecule has 2 aliphatic heterocycles. The third-order valence-electron chi connectivity index (χ3n) is 4.81. The first kappa shape index (κ1) is 16.6. The van der Waals surface area contributed by atoms with Crippen LogP contribution < -0.4 is 14.8 Å². The molecule has 1 aromatic carbocycles. The minimum absolute atomic E-state index is 0.426. The van der Waals surface area contributed by atoms with Crippen molar-refractivity contribution in [2.45, 2.75) is 31.3 Å². The molecule has 1 saturated heterocycles. The number of methoxy groups -OCH3 is 1. The minimum Gasteiger partial charge on any atom is -0.486 e. The third kappa shape index (κ3) is 4.16. The zero-order valence-corrected chi connectivity index (χ0v) is 14.2. The van der Waals surface area contributed by atoms with E-state index in [0.717, 1.165) is 31.1 Å². The molecule has 0 aliphatic carbocycles. The SMILES string of the molecule is CN[C@@H](Cc1ccc2c(c1)OCCO2)CN1CCCC1COC. The number of fused-ring (bicyclic) bond motifs is 1. The molecule has 0 bridgehead atoms. The Hall–Kier alpha value is -1.30. The van der Waals surface area contributed by atoms with Crippen LogP contribution in [0.2, 0.25) is 0 Å². The Morgan fingerprint density at radius 3 is 2.91 bits per heavy atom. The predicted molar refractivity (Wildman–Crippen MR) is 90.5 cm³/mol. The van der Waals surface area contributed by atoms with Crippen molar-refractivity contribution in [1.29, 1.82) is 0 Å². The number of likely N-dealkylation sites (tertiary alicyclic amines) is 1. The average Bonchev–Trinajstić information content (AvgIpc) is 3.01. The molecule has 0 aromatic heterocycles. The second-order valence-corrected chi connectivity index (χ2v) is 6.41. The molecule has 5 heteroatoms. The molecular weight excluding hydrogens is 292 g/mol. The van der Waals surface area contributed by atoms with Gasteiger partial charge in [0.1, 0.15) is 13.2 Å². The average molecular weight is 320 g/mol. The summed E-state index contributed by atoms with van der Waals surface area (Å²) in [7, 11) is 3.84. The van der Waals surface area contributed by atoms with Gasteiger partial charge in [0.2, 0.25) is 0 Å². The van der Waals surface area contributed by atoms with Crippen molar-refractivity contribution < 1.29 is 14.2 Å². The first-order chi connectivity index (χ1) is 11.3. The van der Waals surface area contributed by atoms with Crippen molar-refractivity contribution >= 4 is 0 Å². The molecule has 2 atom stereocenters. The smallest absolute Gasteiger partial charge is 0.161 e. The van der Waals surface area contributed by atoms with Crippen LogP contribution in [0.1, 0.15) is 18.4 Å². The Kier molecular flexibility index (Phi) is 5.75. The van der Waals surface area contributed by atoms with Gasteiger partial charge < -0.3 is 19.5 Å². The summed E-state index contributed by atoms with van der Waals surface area (Å²) in [5, 5.41) is 3.47. The summed E-state index contributed by atoms with van der Waals surface area (Å²) in [6, 6.07) is 7.29. The fourth-order valence-electron chi connectivity index (χ4n) is 3.56. The minimum atomic E-state index is 0.426. The summed E-state index contributed by atoms with van der Waals surface area (Å²) in [5.74, 6) is 1.74. The molecule has 2 aliphatic rings. The number of ether oxygens (including phenoxy) is 3. The zero-order valence-electron chi connectivity index (χ0n) is 14.2. The molecule has 1 N–H and O–H groups in total. The van der Waals surface area contributed by atoms with Crippen molar-refractivity contribution in [3.63, 3.8) is 0 Å². The number of nitrogens with one attached hydrogen (secondary N) is 1. The maximum atomic E-state index is 5.69. The Balaban J connectivity index is 1.60. The van der Waals surface area contributed by atoms with Crippen LogP contribution in [0.4, 0.5) is 0 Å². The van der Waals surface area contributed by atoms with Crippen molar-refractivity contribution in [3.8, 4) is 11.5 Å². The Bertz CT molecular complexity index is 509. The lowest BCUT2D eigenvalue weighted by Gasteiger charge is -2.29. The molecule has 2 heterocycles. The highest BCUT2D eigenvalue weighted by Crippen LogP contribution is 2.31. The number of hydrogen-bond donors (Lipinski definition) is 1. The number of benzene rings is 1. The molecule has 0 radical (unpaired) electrons. The van der Waals surface area contributed by atoms with Crippen LogP contribution in [0, 0.1) is 0 Å². The van der Waals surface area contributed by atoms with Gasteiger partial charge in [0.25, 0.3) is 0 Å². The van der Waals surface area contributed by atoms with E-state index in [-0.39, 0.29) is 0 Å². The summed E-state index contributed by atoms with van der Waals surface area (Å²) in [4.78, 5) is 2.56. The lowest BCUT2D eigenvalue weighted by molar-refractivity contribution is 0.110. The summed E-state index contributed by atoms with van der Waals surface area (Å²) in [5.41, 5.74) is 1.29. The maximum Gasteiger partial charge on any atom is 0.161 e. The Morgan fingerprint density at radius 2 is 2.13 bits per heavy atom. The highest BCUT2D eigenvalue weighted by Gasteiger charge is 2.26. The molecule has 0 saturated carbocycles.